The summed E-state index contributed by atoms with van der Waals surface area (Å²) in [7, 11) is 0. The number of nitrogens with zero attached hydrogens (tertiary/aromatic N) is 3. The van der Waals surface area contributed by atoms with Crippen LogP contribution in [0.25, 0.3) is 0 Å². The summed E-state index contributed by atoms with van der Waals surface area (Å²) in [6.45, 7) is 1.66. The topological polar surface area (TPSA) is 104 Å². The summed E-state index contributed by atoms with van der Waals surface area (Å²) in [4.78, 5) is 14.3. The first-order chi connectivity index (χ1) is 9.20. The highest BCUT2D eigenvalue weighted by Gasteiger charge is 2.17. The van der Waals surface area contributed by atoms with E-state index in [2.05, 4.69) is 15.6 Å². The molecule has 2 N–H and O–H groups in total. The Bertz CT molecular complexity index is 505. The third kappa shape index (κ3) is 3.39. The molecule has 7 nitrogen and oxygen atoms in total. The van der Waals surface area contributed by atoms with Crippen molar-refractivity contribution in [2.45, 2.75) is 25.3 Å². The molecule has 0 radical (unpaired) electrons. The summed E-state index contributed by atoms with van der Waals surface area (Å²) in [5.74, 6) is 0.224. The van der Waals surface area contributed by atoms with E-state index in [1.54, 1.807) is 0 Å². The lowest BCUT2D eigenvalue weighted by Gasteiger charge is -2.11. The summed E-state index contributed by atoms with van der Waals surface area (Å²) in [5, 5.41) is 26.0. The van der Waals surface area contributed by atoms with Crippen LogP contribution in [-0.4, -0.2) is 29.0 Å². The van der Waals surface area contributed by atoms with Crippen molar-refractivity contribution < 1.29 is 4.92 Å². The van der Waals surface area contributed by atoms with E-state index in [9.17, 15) is 10.1 Å². The molecule has 0 spiro atoms. The summed E-state index contributed by atoms with van der Waals surface area (Å²) in [5.41, 5.74) is 0.0353. The Morgan fingerprint density at radius 1 is 1.68 bits per heavy atom. The molecule has 2 rings (SSSR count). The Morgan fingerprint density at radius 2 is 2.53 bits per heavy atom. The van der Waals surface area contributed by atoms with E-state index in [1.807, 2.05) is 6.07 Å². The van der Waals surface area contributed by atoms with Gasteiger partial charge in [-0.25, -0.2) is 4.98 Å². The molecule has 0 saturated carbocycles. The summed E-state index contributed by atoms with van der Waals surface area (Å²) in [6.07, 6.45) is 4.56. The van der Waals surface area contributed by atoms with Crippen molar-refractivity contribution in [3.8, 4) is 6.07 Å². The van der Waals surface area contributed by atoms with E-state index in [1.165, 1.54) is 18.7 Å². The third-order valence-corrected chi connectivity index (χ3v) is 3.14. The molecule has 0 bridgehead atoms. The van der Waals surface area contributed by atoms with Crippen molar-refractivity contribution in [1.29, 1.82) is 5.26 Å². The minimum atomic E-state index is -0.524. The molecule has 1 atom stereocenters. The van der Waals surface area contributed by atoms with Crippen LogP contribution in [0.5, 0.6) is 0 Å². The van der Waals surface area contributed by atoms with Gasteiger partial charge in [0.2, 0.25) is 5.82 Å². The normalized spacial score (nSPS) is 17.9. The number of rotatable bonds is 5. The summed E-state index contributed by atoms with van der Waals surface area (Å²) >= 11 is 0. The molecular weight excluding hydrogens is 246 g/mol. The molecule has 19 heavy (non-hydrogen) atoms. The van der Waals surface area contributed by atoms with Gasteiger partial charge in [0.1, 0.15) is 6.07 Å². The zero-order chi connectivity index (χ0) is 13.7. The van der Waals surface area contributed by atoms with Crippen molar-refractivity contribution >= 4 is 11.5 Å². The highest BCUT2D eigenvalue weighted by molar-refractivity contribution is 5.58. The van der Waals surface area contributed by atoms with Gasteiger partial charge in [-0.15, -0.1) is 0 Å². The molecule has 1 aromatic rings. The molecular formula is C12H15N5O2. The Morgan fingerprint density at radius 3 is 3.16 bits per heavy atom. The number of nitro groups is 1. The number of pyridine rings is 1. The lowest BCUT2D eigenvalue weighted by molar-refractivity contribution is -0.384. The Labute approximate surface area is 110 Å². The Balaban J connectivity index is 1.98. The predicted molar refractivity (Wildman–Crippen MR) is 69.7 cm³/mol. The predicted octanol–water partition coefficient (Wildman–Crippen LogP) is 1.42. The first-order valence-electron chi connectivity index (χ1n) is 6.22. The Kier molecular flexibility index (Phi) is 4.26. The van der Waals surface area contributed by atoms with Gasteiger partial charge in [0.25, 0.3) is 0 Å². The van der Waals surface area contributed by atoms with E-state index in [4.69, 9.17) is 5.26 Å². The molecule has 1 fully saturated rings. The number of hydrogen-bond donors (Lipinski definition) is 2. The van der Waals surface area contributed by atoms with Gasteiger partial charge < -0.3 is 10.6 Å². The smallest absolute Gasteiger partial charge is 0.312 e. The summed E-state index contributed by atoms with van der Waals surface area (Å²) < 4.78 is 0. The van der Waals surface area contributed by atoms with Crippen molar-refractivity contribution in [2.24, 2.45) is 0 Å². The van der Waals surface area contributed by atoms with Crippen LogP contribution in [-0.2, 0) is 0 Å². The lowest BCUT2D eigenvalue weighted by atomic mass is 10.1. The number of hydrogen-bond acceptors (Lipinski definition) is 6. The van der Waals surface area contributed by atoms with Gasteiger partial charge >= 0.3 is 5.69 Å². The van der Waals surface area contributed by atoms with Gasteiger partial charge in [0.15, 0.2) is 0 Å². The van der Waals surface area contributed by atoms with Crippen LogP contribution in [0.1, 0.15) is 24.8 Å². The molecule has 1 saturated heterocycles. The van der Waals surface area contributed by atoms with Crippen molar-refractivity contribution in [1.82, 2.24) is 10.3 Å². The van der Waals surface area contributed by atoms with Crippen LogP contribution in [0.4, 0.5) is 11.5 Å². The lowest BCUT2D eigenvalue weighted by Crippen LogP contribution is -2.24. The second-order valence-corrected chi connectivity index (χ2v) is 4.47. The summed E-state index contributed by atoms with van der Waals surface area (Å²) in [6, 6.07) is 3.56. The maximum absolute atomic E-state index is 10.9. The van der Waals surface area contributed by atoms with Gasteiger partial charge in [0.05, 0.1) is 10.5 Å². The fraction of sp³-hybridized carbons (Fsp3) is 0.500. The molecule has 100 valence electrons. The van der Waals surface area contributed by atoms with Gasteiger partial charge in [-0.05, 0) is 25.8 Å². The minimum Gasteiger partial charge on any atom is -0.364 e. The molecule has 1 unspecified atom stereocenters. The molecule has 0 amide bonds. The molecule has 1 aliphatic rings. The van der Waals surface area contributed by atoms with E-state index in [0.29, 0.717) is 12.6 Å². The molecule has 1 aromatic heterocycles. The van der Waals surface area contributed by atoms with E-state index in [-0.39, 0.29) is 17.1 Å². The SMILES string of the molecule is N#Cc1cnc(NCCC2CCCN2)c([N+](=O)[O-])c1. The fourth-order valence-corrected chi connectivity index (χ4v) is 2.16. The Hall–Kier alpha value is -2.20. The largest absolute Gasteiger partial charge is 0.364 e. The second-order valence-electron chi connectivity index (χ2n) is 4.47. The quantitative estimate of drug-likeness (QED) is 0.613. The fourth-order valence-electron chi connectivity index (χ4n) is 2.16. The van der Waals surface area contributed by atoms with Gasteiger partial charge in [-0.2, -0.15) is 5.26 Å². The van der Waals surface area contributed by atoms with Crippen molar-refractivity contribution in [2.75, 3.05) is 18.4 Å². The van der Waals surface area contributed by atoms with Crippen LogP contribution in [0.15, 0.2) is 12.3 Å². The number of anilines is 1. The van der Waals surface area contributed by atoms with Crippen LogP contribution in [0.3, 0.4) is 0 Å². The molecule has 1 aliphatic heterocycles. The number of nitrogens with one attached hydrogen (secondary N) is 2. The second kappa shape index (κ2) is 6.11. The molecule has 0 aliphatic carbocycles. The van der Waals surface area contributed by atoms with Crippen LogP contribution < -0.4 is 10.6 Å². The van der Waals surface area contributed by atoms with Gasteiger partial charge in [-0.3, -0.25) is 10.1 Å². The standard InChI is InChI=1S/C12H15N5O2/c13-7-9-6-11(17(18)19)12(16-8-9)15-5-3-10-2-1-4-14-10/h6,8,10,14H,1-5H2,(H,15,16). The average Bonchev–Trinajstić information content (AvgIpc) is 2.92. The minimum absolute atomic E-state index is 0.154. The maximum atomic E-state index is 10.9. The third-order valence-electron chi connectivity index (χ3n) is 3.14. The van der Waals surface area contributed by atoms with E-state index in [0.717, 1.165) is 19.4 Å². The van der Waals surface area contributed by atoms with E-state index >= 15 is 0 Å². The molecule has 2 heterocycles. The van der Waals surface area contributed by atoms with Crippen molar-refractivity contribution in [3.63, 3.8) is 0 Å². The van der Waals surface area contributed by atoms with Crippen LogP contribution in [0.2, 0.25) is 0 Å². The highest BCUT2D eigenvalue weighted by Crippen LogP contribution is 2.22. The number of aromatic nitrogens is 1. The van der Waals surface area contributed by atoms with E-state index < -0.39 is 4.92 Å². The maximum Gasteiger partial charge on any atom is 0.312 e. The number of nitriles is 1. The zero-order valence-electron chi connectivity index (χ0n) is 10.4. The highest BCUT2D eigenvalue weighted by atomic mass is 16.6. The van der Waals surface area contributed by atoms with Crippen LogP contribution in [0, 0.1) is 21.4 Å². The molecule has 7 heteroatoms. The van der Waals surface area contributed by atoms with Gasteiger partial charge in [-0.1, -0.05) is 0 Å². The average molecular weight is 261 g/mol. The monoisotopic (exact) mass is 261 g/mol. The van der Waals surface area contributed by atoms with Crippen molar-refractivity contribution in [3.05, 3.63) is 27.9 Å². The zero-order valence-corrected chi connectivity index (χ0v) is 10.4. The molecule has 0 aromatic carbocycles. The first-order valence-corrected chi connectivity index (χ1v) is 6.22. The van der Waals surface area contributed by atoms with Crippen LogP contribution >= 0.6 is 0 Å². The van der Waals surface area contributed by atoms with Gasteiger partial charge in [0, 0.05) is 24.8 Å². The first kappa shape index (κ1) is 13.2.